The molecule has 0 aromatic heterocycles. The Hall–Kier alpha value is -2.33. The van der Waals surface area contributed by atoms with Crippen LogP contribution in [0.25, 0.3) is 0 Å². The van der Waals surface area contributed by atoms with E-state index in [0.29, 0.717) is 11.6 Å². The van der Waals surface area contributed by atoms with Crippen LogP contribution >= 0.6 is 0 Å². The lowest BCUT2D eigenvalue weighted by Gasteiger charge is -2.18. The zero-order valence-electron chi connectivity index (χ0n) is 13.3. The number of carbonyl (C=O) groups is 1. The van der Waals surface area contributed by atoms with Gasteiger partial charge in [-0.3, -0.25) is 4.79 Å². The molecule has 23 heavy (non-hydrogen) atoms. The molecule has 0 saturated carbocycles. The van der Waals surface area contributed by atoms with E-state index in [1.54, 1.807) is 12.1 Å². The maximum Gasteiger partial charge on any atom is 0.248 e. The molecule has 0 fully saturated rings. The maximum atomic E-state index is 11.1. The highest BCUT2D eigenvalue weighted by atomic mass is 16.5. The highest BCUT2D eigenvalue weighted by molar-refractivity contribution is 5.92. The van der Waals surface area contributed by atoms with Crippen LogP contribution in [-0.4, -0.2) is 12.5 Å². The number of hydrogen-bond acceptors (Lipinski definition) is 3. The third-order valence-electron chi connectivity index (χ3n) is 4.32. The Bertz CT molecular complexity index is 695. The molecular formula is C19H22N2O2. The first-order chi connectivity index (χ1) is 11.2. The van der Waals surface area contributed by atoms with Crippen LogP contribution in [0, 0.1) is 0 Å². The van der Waals surface area contributed by atoms with Gasteiger partial charge in [0.25, 0.3) is 0 Å². The van der Waals surface area contributed by atoms with Crippen molar-refractivity contribution in [2.24, 2.45) is 5.73 Å². The third-order valence-corrected chi connectivity index (χ3v) is 4.32. The fourth-order valence-electron chi connectivity index (χ4n) is 2.95. The largest absolute Gasteiger partial charge is 0.493 e. The minimum Gasteiger partial charge on any atom is -0.493 e. The molecule has 0 aliphatic carbocycles. The number of rotatable bonds is 6. The minimum absolute atomic E-state index is 0.303. The van der Waals surface area contributed by atoms with E-state index in [9.17, 15) is 4.79 Å². The summed E-state index contributed by atoms with van der Waals surface area (Å²) in [5.41, 5.74) is 9.54. The molecule has 1 unspecified atom stereocenters. The molecule has 1 aliphatic rings. The van der Waals surface area contributed by atoms with Crippen molar-refractivity contribution in [3.8, 4) is 5.75 Å². The molecule has 0 saturated heterocycles. The summed E-state index contributed by atoms with van der Waals surface area (Å²) in [6.45, 7) is 3.72. The van der Waals surface area contributed by atoms with Crippen molar-refractivity contribution in [2.45, 2.75) is 32.4 Å². The van der Waals surface area contributed by atoms with E-state index in [2.05, 4.69) is 30.4 Å². The Morgan fingerprint density at radius 1 is 1.26 bits per heavy atom. The average molecular weight is 310 g/mol. The van der Waals surface area contributed by atoms with E-state index >= 15 is 0 Å². The third kappa shape index (κ3) is 3.54. The van der Waals surface area contributed by atoms with Crippen LogP contribution in [0.2, 0.25) is 0 Å². The van der Waals surface area contributed by atoms with Gasteiger partial charge in [0.1, 0.15) is 5.75 Å². The van der Waals surface area contributed by atoms with Crippen molar-refractivity contribution in [3.05, 3.63) is 64.7 Å². The first-order valence-corrected chi connectivity index (χ1v) is 8.05. The predicted molar refractivity (Wildman–Crippen MR) is 90.5 cm³/mol. The van der Waals surface area contributed by atoms with Gasteiger partial charge in [0.15, 0.2) is 0 Å². The molecule has 0 bridgehead atoms. The number of fused-ring (bicyclic) bond motifs is 1. The quantitative estimate of drug-likeness (QED) is 0.862. The van der Waals surface area contributed by atoms with Crippen molar-refractivity contribution >= 4 is 5.91 Å². The van der Waals surface area contributed by atoms with Gasteiger partial charge >= 0.3 is 0 Å². The number of nitrogens with two attached hydrogens (primary N) is 1. The van der Waals surface area contributed by atoms with Crippen LogP contribution in [0.4, 0.5) is 0 Å². The Balaban J connectivity index is 1.66. The summed E-state index contributed by atoms with van der Waals surface area (Å²) in [4.78, 5) is 11.1. The molecule has 2 aromatic rings. The van der Waals surface area contributed by atoms with Gasteiger partial charge in [0.2, 0.25) is 5.91 Å². The molecule has 2 aromatic carbocycles. The Morgan fingerprint density at radius 2 is 2.04 bits per heavy atom. The first kappa shape index (κ1) is 15.6. The normalized spacial score (nSPS) is 14.1. The van der Waals surface area contributed by atoms with Gasteiger partial charge in [-0.05, 0) is 41.3 Å². The highest BCUT2D eigenvalue weighted by Crippen LogP contribution is 2.29. The van der Waals surface area contributed by atoms with Gasteiger partial charge < -0.3 is 15.8 Å². The topological polar surface area (TPSA) is 64.3 Å². The van der Waals surface area contributed by atoms with Gasteiger partial charge in [-0.25, -0.2) is 0 Å². The van der Waals surface area contributed by atoms with Gasteiger partial charge in [-0.2, -0.15) is 0 Å². The lowest BCUT2D eigenvalue weighted by Crippen LogP contribution is -2.20. The SMILES string of the molecule is CCC(NCc1ccc(C(N)=O)cc1)c1ccc2c(c1)CCO2. The van der Waals surface area contributed by atoms with Crippen molar-refractivity contribution in [1.29, 1.82) is 0 Å². The van der Waals surface area contributed by atoms with Crippen LogP contribution in [-0.2, 0) is 13.0 Å². The standard InChI is InChI=1S/C19H22N2O2/c1-2-17(15-7-8-18-16(11-15)9-10-23-18)21-12-13-3-5-14(6-4-13)19(20)22/h3-8,11,17,21H,2,9-10,12H2,1H3,(H2,20,22). The van der Waals surface area contributed by atoms with E-state index in [0.717, 1.165) is 37.3 Å². The van der Waals surface area contributed by atoms with E-state index in [1.165, 1.54) is 11.1 Å². The lowest BCUT2D eigenvalue weighted by molar-refractivity contribution is 0.100. The zero-order chi connectivity index (χ0) is 16.2. The van der Waals surface area contributed by atoms with Crippen molar-refractivity contribution in [1.82, 2.24) is 5.32 Å². The van der Waals surface area contributed by atoms with Gasteiger partial charge in [-0.15, -0.1) is 0 Å². The van der Waals surface area contributed by atoms with Crippen LogP contribution in [0.1, 0.15) is 46.4 Å². The molecule has 1 atom stereocenters. The molecule has 1 aliphatic heterocycles. The van der Waals surface area contributed by atoms with Crippen LogP contribution in [0.5, 0.6) is 5.75 Å². The average Bonchev–Trinajstić information content (AvgIpc) is 3.03. The van der Waals surface area contributed by atoms with Gasteiger partial charge in [0, 0.05) is 24.6 Å². The Morgan fingerprint density at radius 3 is 2.74 bits per heavy atom. The van der Waals surface area contributed by atoms with E-state index in [4.69, 9.17) is 10.5 Å². The van der Waals surface area contributed by atoms with Crippen molar-refractivity contribution in [2.75, 3.05) is 6.61 Å². The summed E-state index contributed by atoms with van der Waals surface area (Å²) in [5, 5.41) is 3.58. The van der Waals surface area contributed by atoms with Crippen LogP contribution in [0.15, 0.2) is 42.5 Å². The molecule has 4 heteroatoms. The number of ether oxygens (including phenoxy) is 1. The number of amides is 1. The smallest absolute Gasteiger partial charge is 0.248 e. The molecule has 120 valence electrons. The fraction of sp³-hybridized carbons (Fsp3) is 0.316. The second-order valence-corrected chi connectivity index (χ2v) is 5.87. The molecule has 4 nitrogen and oxygen atoms in total. The van der Waals surface area contributed by atoms with E-state index < -0.39 is 5.91 Å². The summed E-state index contributed by atoms with van der Waals surface area (Å²) in [5.74, 6) is 0.627. The van der Waals surface area contributed by atoms with Crippen LogP contribution < -0.4 is 15.8 Å². The molecular weight excluding hydrogens is 288 g/mol. The van der Waals surface area contributed by atoms with E-state index in [-0.39, 0.29) is 0 Å². The summed E-state index contributed by atoms with van der Waals surface area (Å²) in [7, 11) is 0. The number of hydrogen-bond donors (Lipinski definition) is 2. The number of nitrogens with one attached hydrogen (secondary N) is 1. The molecule has 3 N–H and O–H groups in total. The maximum absolute atomic E-state index is 11.1. The molecule has 3 rings (SSSR count). The van der Waals surface area contributed by atoms with Gasteiger partial charge in [0.05, 0.1) is 6.61 Å². The molecule has 1 heterocycles. The number of benzene rings is 2. The summed E-state index contributed by atoms with van der Waals surface area (Å²) < 4.78 is 5.57. The Labute approximate surface area is 136 Å². The first-order valence-electron chi connectivity index (χ1n) is 8.05. The Kier molecular flexibility index (Phi) is 4.63. The van der Waals surface area contributed by atoms with Crippen LogP contribution in [0.3, 0.4) is 0 Å². The number of primary amides is 1. The zero-order valence-corrected chi connectivity index (χ0v) is 13.3. The second kappa shape index (κ2) is 6.84. The predicted octanol–water partition coefficient (Wildman–Crippen LogP) is 2.96. The van der Waals surface area contributed by atoms with Gasteiger partial charge in [-0.1, -0.05) is 31.2 Å². The monoisotopic (exact) mass is 310 g/mol. The molecule has 0 spiro atoms. The van der Waals surface area contributed by atoms with Crippen molar-refractivity contribution < 1.29 is 9.53 Å². The number of carbonyl (C=O) groups excluding carboxylic acids is 1. The summed E-state index contributed by atoms with van der Waals surface area (Å²) >= 11 is 0. The highest BCUT2D eigenvalue weighted by Gasteiger charge is 2.15. The summed E-state index contributed by atoms with van der Waals surface area (Å²) in [6.07, 6.45) is 2.01. The summed E-state index contributed by atoms with van der Waals surface area (Å²) in [6, 6.07) is 14.2. The van der Waals surface area contributed by atoms with E-state index in [1.807, 2.05) is 12.1 Å². The molecule has 1 amide bonds. The fourth-order valence-corrected chi connectivity index (χ4v) is 2.95. The molecule has 0 radical (unpaired) electrons. The second-order valence-electron chi connectivity index (χ2n) is 5.87. The lowest BCUT2D eigenvalue weighted by atomic mass is 10.0. The van der Waals surface area contributed by atoms with Crippen molar-refractivity contribution in [3.63, 3.8) is 0 Å². The minimum atomic E-state index is -0.392.